The lowest BCUT2D eigenvalue weighted by molar-refractivity contribution is -0.384. The average Bonchev–Trinajstić information content (AvgIpc) is 2.47. The number of nitrogens with zero attached hydrogens (tertiary/aromatic N) is 3. The molecule has 0 spiro atoms. The van der Waals surface area contributed by atoms with Crippen molar-refractivity contribution in [3.63, 3.8) is 0 Å². The number of nitrogens with one attached hydrogen (secondary N) is 1. The zero-order chi connectivity index (χ0) is 14.5. The first kappa shape index (κ1) is 14.5. The molecule has 110 valence electrons. The second kappa shape index (κ2) is 6.49. The van der Waals surface area contributed by atoms with Gasteiger partial charge in [0.2, 0.25) is 0 Å². The van der Waals surface area contributed by atoms with Crippen LogP contribution in [0.15, 0.2) is 12.1 Å². The lowest BCUT2D eigenvalue weighted by Crippen LogP contribution is -2.40. The molecule has 1 atom stereocenters. The van der Waals surface area contributed by atoms with Gasteiger partial charge < -0.3 is 15.4 Å². The molecular weight excluding hydrogens is 262 g/mol. The van der Waals surface area contributed by atoms with Crippen molar-refractivity contribution >= 4 is 17.3 Å². The molecule has 1 aromatic heterocycles. The van der Waals surface area contributed by atoms with E-state index in [9.17, 15) is 10.1 Å². The van der Waals surface area contributed by atoms with Gasteiger partial charge in [0.1, 0.15) is 11.6 Å². The van der Waals surface area contributed by atoms with Gasteiger partial charge in [-0.3, -0.25) is 10.1 Å². The van der Waals surface area contributed by atoms with E-state index in [1.54, 1.807) is 0 Å². The molecule has 0 bridgehead atoms. The van der Waals surface area contributed by atoms with Crippen LogP contribution in [-0.2, 0) is 0 Å². The molecule has 2 heterocycles. The standard InChI is InChI=1S/C12H19N5O3/c13-15-11-7-10(17(19)20)8-12(14-11)16-5-2-1-3-9(16)4-6-18/h7-9,18H,1-6,13H2,(H,14,15). The summed E-state index contributed by atoms with van der Waals surface area (Å²) in [6, 6.07) is 2.92. The van der Waals surface area contributed by atoms with Crippen molar-refractivity contribution in [3.8, 4) is 0 Å². The fourth-order valence-electron chi connectivity index (χ4n) is 2.58. The highest BCUT2D eigenvalue weighted by Crippen LogP contribution is 2.29. The van der Waals surface area contributed by atoms with Crippen LogP contribution in [-0.4, -0.2) is 34.2 Å². The van der Waals surface area contributed by atoms with E-state index in [2.05, 4.69) is 10.4 Å². The quantitative estimate of drug-likeness (QED) is 0.419. The Morgan fingerprint density at radius 1 is 1.55 bits per heavy atom. The maximum Gasteiger partial charge on any atom is 0.276 e. The maximum atomic E-state index is 11.0. The Morgan fingerprint density at radius 3 is 3.00 bits per heavy atom. The van der Waals surface area contributed by atoms with Gasteiger partial charge in [0.05, 0.1) is 17.1 Å². The number of aliphatic hydroxyl groups excluding tert-OH is 1. The topological polar surface area (TPSA) is 118 Å². The van der Waals surface area contributed by atoms with Crippen LogP contribution >= 0.6 is 0 Å². The summed E-state index contributed by atoms with van der Waals surface area (Å²) in [5.74, 6) is 6.12. The van der Waals surface area contributed by atoms with Crippen molar-refractivity contribution in [2.75, 3.05) is 23.5 Å². The summed E-state index contributed by atoms with van der Waals surface area (Å²) < 4.78 is 0. The number of pyridine rings is 1. The van der Waals surface area contributed by atoms with Crippen LogP contribution in [0, 0.1) is 10.1 Å². The SMILES string of the molecule is NNc1cc([N+](=O)[O-])cc(N2CCCCC2CCO)n1. The third kappa shape index (κ3) is 3.14. The van der Waals surface area contributed by atoms with E-state index in [4.69, 9.17) is 10.9 Å². The smallest absolute Gasteiger partial charge is 0.276 e. The Hall–Kier alpha value is -1.93. The summed E-state index contributed by atoms with van der Waals surface area (Å²) in [4.78, 5) is 16.8. The molecule has 8 nitrogen and oxygen atoms in total. The highest BCUT2D eigenvalue weighted by atomic mass is 16.6. The molecule has 0 amide bonds. The number of aliphatic hydroxyl groups is 1. The van der Waals surface area contributed by atoms with Crippen molar-refractivity contribution in [1.82, 2.24) is 4.98 Å². The van der Waals surface area contributed by atoms with Crippen LogP contribution in [0.4, 0.5) is 17.3 Å². The van der Waals surface area contributed by atoms with Gasteiger partial charge in [0.15, 0.2) is 0 Å². The molecule has 1 saturated heterocycles. The van der Waals surface area contributed by atoms with E-state index in [0.717, 1.165) is 25.8 Å². The number of aromatic nitrogens is 1. The van der Waals surface area contributed by atoms with Gasteiger partial charge in [-0.15, -0.1) is 0 Å². The Labute approximate surface area is 116 Å². The van der Waals surface area contributed by atoms with Crippen molar-refractivity contribution in [2.45, 2.75) is 31.7 Å². The Bertz CT molecular complexity index is 480. The van der Waals surface area contributed by atoms with Crippen molar-refractivity contribution < 1.29 is 10.0 Å². The molecule has 20 heavy (non-hydrogen) atoms. The molecule has 0 aromatic carbocycles. The maximum absolute atomic E-state index is 11.0. The molecular formula is C12H19N5O3. The number of nitro groups is 1. The van der Waals surface area contributed by atoms with Gasteiger partial charge >= 0.3 is 0 Å². The molecule has 1 aromatic rings. The number of hydrogen-bond acceptors (Lipinski definition) is 7. The second-order valence-corrected chi connectivity index (χ2v) is 4.83. The van der Waals surface area contributed by atoms with Gasteiger partial charge in [-0.1, -0.05) is 0 Å². The summed E-state index contributed by atoms with van der Waals surface area (Å²) in [5.41, 5.74) is 2.31. The minimum atomic E-state index is -0.461. The molecule has 0 aliphatic carbocycles. The zero-order valence-corrected chi connectivity index (χ0v) is 11.2. The van der Waals surface area contributed by atoms with Crippen LogP contribution in [0.1, 0.15) is 25.7 Å². The van der Waals surface area contributed by atoms with Crippen LogP contribution in [0.5, 0.6) is 0 Å². The Morgan fingerprint density at radius 2 is 2.35 bits per heavy atom. The van der Waals surface area contributed by atoms with Gasteiger partial charge in [-0.25, -0.2) is 10.8 Å². The van der Waals surface area contributed by atoms with Gasteiger partial charge in [0, 0.05) is 19.2 Å². The van der Waals surface area contributed by atoms with Gasteiger partial charge in [-0.05, 0) is 25.7 Å². The minimum Gasteiger partial charge on any atom is -0.396 e. The molecule has 2 rings (SSSR count). The molecule has 8 heteroatoms. The predicted molar refractivity (Wildman–Crippen MR) is 75.4 cm³/mol. The Balaban J connectivity index is 2.33. The first-order valence-corrected chi connectivity index (χ1v) is 6.66. The van der Waals surface area contributed by atoms with Crippen LogP contribution < -0.4 is 16.2 Å². The Kier molecular flexibility index (Phi) is 4.70. The van der Waals surface area contributed by atoms with E-state index in [-0.39, 0.29) is 24.2 Å². The highest BCUT2D eigenvalue weighted by Gasteiger charge is 2.25. The van der Waals surface area contributed by atoms with E-state index in [1.165, 1.54) is 12.1 Å². The number of nitrogen functional groups attached to an aromatic ring is 1. The molecule has 0 radical (unpaired) electrons. The van der Waals surface area contributed by atoms with Crippen LogP contribution in [0.25, 0.3) is 0 Å². The lowest BCUT2D eigenvalue weighted by atomic mass is 9.99. The molecule has 1 fully saturated rings. The molecule has 0 saturated carbocycles. The number of rotatable bonds is 5. The summed E-state index contributed by atoms with van der Waals surface area (Å²) in [6.07, 6.45) is 3.70. The monoisotopic (exact) mass is 281 g/mol. The zero-order valence-electron chi connectivity index (χ0n) is 11.2. The van der Waals surface area contributed by atoms with Gasteiger partial charge in [-0.2, -0.15) is 0 Å². The number of piperidine rings is 1. The third-order valence-corrected chi connectivity index (χ3v) is 3.54. The molecule has 1 aliphatic heterocycles. The average molecular weight is 281 g/mol. The number of hydrogen-bond donors (Lipinski definition) is 3. The van der Waals surface area contributed by atoms with Crippen molar-refractivity contribution in [2.24, 2.45) is 5.84 Å². The fraction of sp³-hybridized carbons (Fsp3) is 0.583. The number of nitrogens with two attached hydrogens (primary N) is 1. The van der Waals surface area contributed by atoms with Gasteiger partial charge in [0.25, 0.3) is 5.69 Å². The highest BCUT2D eigenvalue weighted by molar-refractivity contribution is 5.56. The van der Waals surface area contributed by atoms with Crippen molar-refractivity contribution in [3.05, 3.63) is 22.2 Å². The minimum absolute atomic E-state index is 0.0451. The molecule has 1 aliphatic rings. The first-order chi connectivity index (χ1) is 9.65. The van der Waals surface area contributed by atoms with E-state index >= 15 is 0 Å². The first-order valence-electron chi connectivity index (χ1n) is 6.66. The van der Waals surface area contributed by atoms with Crippen LogP contribution in [0.2, 0.25) is 0 Å². The molecule has 4 N–H and O–H groups in total. The van der Waals surface area contributed by atoms with Crippen molar-refractivity contribution in [1.29, 1.82) is 0 Å². The normalized spacial score (nSPS) is 18.9. The third-order valence-electron chi connectivity index (χ3n) is 3.54. The second-order valence-electron chi connectivity index (χ2n) is 4.83. The summed E-state index contributed by atoms with van der Waals surface area (Å²) in [7, 11) is 0. The summed E-state index contributed by atoms with van der Waals surface area (Å²) in [5, 5.41) is 20.1. The lowest BCUT2D eigenvalue weighted by Gasteiger charge is -2.36. The van der Waals surface area contributed by atoms with E-state index in [0.29, 0.717) is 12.2 Å². The fourth-order valence-corrected chi connectivity index (χ4v) is 2.58. The summed E-state index contributed by atoms with van der Waals surface area (Å²) in [6.45, 7) is 0.876. The van der Waals surface area contributed by atoms with Crippen LogP contribution in [0.3, 0.4) is 0 Å². The number of anilines is 2. The van der Waals surface area contributed by atoms with E-state index < -0.39 is 4.92 Å². The summed E-state index contributed by atoms with van der Waals surface area (Å²) >= 11 is 0. The number of hydrazine groups is 1. The largest absolute Gasteiger partial charge is 0.396 e. The van der Waals surface area contributed by atoms with E-state index in [1.807, 2.05) is 4.90 Å². The predicted octanol–water partition coefficient (Wildman–Crippen LogP) is 1.02. The molecule has 1 unspecified atom stereocenters.